The van der Waals surface area contributed by atoms with Crippen LogP contribution in [-0.2, 0) is 26.8 Å². The molecule has 438 valence electrons. The highest BCUT2D eigenvalue weighted by molar-refractivity contribution is 7.30. The van der Waals surface area contributed by atoms with Crippen LogP contribution in [0.1, 0.15) is 287 Å². The van der Waals surface area contributed by atoms with Crippen LogP contribution in [0, 0.1) is 23.2 Å². The number of thiophene rings is 4. The number of nitrogens with zero attached hydrogens (tertiary/aromatic N) is 3. The van der Waals surface area contributed by atoms with Crippen molar-refractivity contribution in [3.05, 3.63) is 78.2 Å². The van der Waals surface area contributed by atoms with Gasteiger partial charge in [-0.15, -0.1) is 45.3 Å². The summed E-state index contributed by atoms with van der Waals surface area (Å²) in [5.41, 5.74) is 4.93. The van der Waals surface area contributed by atoms with E-state index in [1.165, 1.54) is 176 Å². The first-order valence-electron chi connectivity index (χ1n) is 32.4. The van der Waals surface area contributed by atoms with Crippen LogP contribution in [0.25, 0.3) is 41.3 Å². The maximum absolute atomic E-state index is 16.1. The van der Waals surface area contributed by atoms with Crippen LogP contribution in [0.15, 0.2) is 47.5 Å². The fourth-order valence-electron chi connectivity index (χ4n) is 12.5. The fourth-order valence-corrected chi connectivity index (χ4v) is 17.3. The first-order chi connectivity index (χ1) is 38.6. The molecule has 0 spiro atoms. The van der Waals surface area contributed by atoms with Crippen molar-refractivity contribution in [1.82, 2.24) is 9.80 Å². The molecule has 0 fully saturated rings. The summed E-state index contributed by atoms with van der Waals surface area (Å²) in [7, 11) is 0. The molecule has 0 aliphatic carbocycles. The van der Waals surface area contributed by atoms with E-state index < -0.39 is 0 Å². The van der Waals surface area contributed by atoms with Crippen LogP contribution in [0.3, 0.4) is 0 Å². The van der Waals surface area contributed by atoms with Gasteiger partial charge in [0, 0.05) is 38.0 Å². The quantitative estimate of drug-likeness (QED) is 0.0375. The average Bonchev–Trinajstić information content (AvgIpc) is 4.40. The van der Waals surface area contributed by atoms with E-state index in [0.717, 1.165) is 81.9 Å². The molecule has 6 heterocycles. The Balaban J connectivity index is 1.38. The third kappa shape index (κ3) is 16.0. The summed E-state index contributed by atoms with van der Waals surface area (Å²) in [5.74, 6) is 0.759. The number of unbranched alkanes of at least 4 members (excludes halogenated alkanes) is 19. The third-order valence-electron chi connectivity index (χ3n) is 17.3. The second kappa shape index (κ2) is 30.8. The summed E-state index contributed by atoms with van der Waals surface area (Å²) in [6.07, 6.45) is 34.7. The highest BCUT2D eigenvalue weighted by atomic mass is 32.1. The largest absolute Gasteiger partial charge is 0.306 e. The average molecular weight is 1160 g/mol. The van der Waals surface area contributed by atoms with Crippen molar-refractivity contribution >= 4 is 88.7 Å². The van der Waals surface area contributed by atoms with Gasteiger partial charge in [0.2, 0.25) is 0 Å². The maximum atomic E-state index is 16.1. The van der Waals surface area contributed by atoms with Crippen LogP contribution in [0.5, 0.6) is 0 Å². The lowest BCUT2D eigenvalue weighted by Gasteiger charge is -2.29. The van der Waals surface area contributed by atoms with E-state index >= 15 is 9.59 Å². The number of amides is 2. The third-order valence-corrected chi connectivity index (χ3v) is 23.0. The molecule has 2 amide bonds. The molecular weight excluding hydrogens is 1060 g/mol. The lowest BCUT2D eigenvalue weighted by atomic mass is 9.92. The zero-order chi connectivity index (χ0) is 57.4. The molecule has 0 radical (unpaired) electrons. The van der Waals surface area contributed by atoms with Crippen molar-refractivity contribution in [2.75, 3.05) is 13.1 Å². The van der Waals surface area contributed by atoms with E-state index in [1.54, 1.807) is 22.7 Å². The Morgan fingerprint density at radius 2 is 0.863 bits per heavy atom. The Morgan fingerprint density at radius 3 is 1.32 bits per heavy atom. The molecule has 0 saturated carbocycles. The molecule has 0 bridgehead atoms. The van der Waals surface area contributed by atoms with E-state index in [9.17, 15) is 5.26 Å². The monoisotopic (exact) mass is 1160 g/mol. The summed E-state index contributed by atoms with van der Waals surface area (Å²) >= 11 is 7.25. The molecule has 2 unspecified atom stereocenters. The number of rotatable bonds is 36. The zero-order valence-corrected chi connectivity index (χ0v) is 55.1. The fraction of sp³-hybridized carbons (Fsp3) is 0.648. The van der Waals surface area contributed by atoms with E-state index in [0.29, 0.717) is 36.1 Å². The van der Waals surface area contributed by atoms with Gasteiger partial charge in [0.05, 0.1) is 47.3 Å². The lowest BCUT2D eigenvalue weighted by Crippen LogP contribution is -2.34. The Hall–Kier alpha value is -3.55. The predicted octanol–water partition coefficient (Wildman–Crippen LogP) is 23.0. The van der Waals surface area contributed by atoms with Crippen LogP contribution >= 0.6 is 45.3 Å². The van der Waals surface area contributed by atoms with Gasteiger partial charge in [-0.25, -0.2) is 0 Å². The van der Waals surface area contributed by atoms with Gasteiger partial charge >= 0.3 is 0 Å². The number of carbonyl (C=O) groups is 2. The van der Waals surface area contributed by atoms with Crippen molar-refractivity contribution in [3.63, 3.8) is 0 Å². The number of hydrogen-bond acceptors (Lipinski definition) is 7. The van der Waals surface area contributed by atoms with Gasteiger partial charge in [-0.1, -0.05) is 224 Å². The van der Waals surface area contributed by atoms with E-state index in [2.05, 4.69) is 128 Å². The Morgan fingerprint density at radius 1 is 0.450 bits per heavy atom. The first kappa shape index (κ1) is 64.0. The topological polar surface area (TPSA) is 64.4 Å². The molecule has 80 heavy (non-hydrogen) atoms. The Kier molecular flexibility index (Phi) is 24.7. The van der Waals surface area contributed by atoms with Crippen molar-refractivity contribution in [1.29, 1.82) is 5.26 Å². The molecule has 5 aromatic rings. The van der Waals surface area contributed by atoms with Crippen LogP contribution in [0.2, 0.25) is 0 Å². The van der Waals surface area contributed by atoms with E-state index in [-0.39, 0.29) is 22.6 Å². The highest BCUT2D eigenvalue weighted by Crippen LogP contribution is 2.53. The minimum absolute atomic E-state index is 0.0202. The molecule has 2 atom stereocenters. The minimum Gasteiger partial charge on any atom is -0.306 e. The van der Waals surface area contributed by atoms with Crippen LogP contribution in [0.4, 0.5) is 0 Å². The number of nitriles is 1. The summed E-state index contributed by atoms with van der Waals surface area (Å²) < 4.78 is 2.50. The lowest BCUT2D eigenvalue weighted by molar-refractivity contribution is -0.124. The van der Waals surface area contributed by atoms with Crippen molar-refractivity contribution in [2.45, 2.75) is 273 Å². The van der Waals surface area contributed by atoms with Gasteiger partial charge in [-0.05, 0) is 109 Å². The van der Waals surface area contributed by atoms with Crippen molar-refractivity contribution in [3.8, 4) is 15.8 Å². The van der Waals surface area contributed by atoms with Gasteiger partial charge in [-0.3, -0.25) is 9.59 Å². The van der Waals surface area contributed by atoms with Gasteiger partial charge in [0.25, 0.3) is 11.8 Å². The molecule has 5 nitrogen and oxygen atoms in total. The van der Waals surface area contributed by atoms with Crippen LogP contribution in [-0.4, -0.2) is 34.7 Å². The molecule has 9 heteroatoms. The Labute approximate surface area is 502 Å². The smallest absolute Gasteiger partial charge is 0.261 e. The number of hydrogen-bond donors (Lipinski definition) is 0. The van der Waals surface area contributed by atoms with Gasteiger partial charge < -0.3 is 9.80 Å². The van der Waals surface area contributed by atoms with Crippen molar-refractivity contribution < 1.29 is 9.59 Å². The summed E-state index contributed by atoms with van der Waals surface area (Å²) in [4.78, 5) is 43.4. The molecule has 7 rings (SSSR count). The second-order valence-electron chi connectivity index (χ2n) is 26.1. The SMILES string of the molecule is CCCCCCCCC(CCCCCC)CN1C(=O)C2=C(c3ccc(C(C)(C)C)s3)N(CC(CCCCCC)CCCCCCCC)C(=O)C2=C1c1ccc(-c2cc3c(CCCCCC)c(C#N)c4cc(C(C)(C)C)sc4c3s2)s1. The number of fused-ring (bicyclic) bond motifs is 4. The van der Waals surface area contributed by atoms with Gasteiger partial charge in [0.15, 0.2) is 0 Å². The maximum Gasteiger partial charge on any atom is 0.261 e. The molecule has 2 aliphatic rings. The molecule has 2 aliphatic heterocycles. The minimum atomic E-state index is -0.0611. The molecule has 4 aromatic heterocycles. The van der Waals surface area contributed by atoms with Gasteiger partial charge in [-0.2, -0.15) is 5.26 Å². The number of aryl methyl sites for hydroxylation is 1. The molecule has 0 N–H and O–H groups in total. The van der Waals surface area contributed by atoms with Crippen molar-refractivity contribution in [2.24, 2.45) is 11.8 Å². The zero-order valence-electron chi connectivity index (χ0n) is 51.8. The molecule has 1 aromatic carbocycles. The summed E-state index contributed by atoms with van der Waals surface area (Å²) in [5, 5.41) is 13.2. The highest BCUT2D eigenvalue weighted by Gasteiger charge is 2.50. The number of carbonyl (C=O) groups excluding carboxylic acids is 2. The Bertz CT molecular complexity index is 2900. The standard InChI is InChI=1S/C71H103N3O2S4/c1-12-17-22-27-29-33-38-50(36-31-24-19-14-3)48-73-64(57-42-41-56(77-57)59-45-53-52(40-35-26-21-16-5)55(47-72)54-46-61(71(9,10)11)80-67(54)66(53)79-59)62-63(69(73)76)65(58-43-44-60(78-58)70(6,7)8)74(68(62)75)49-51(37-32-25-20-15-4)39-34-30-28-23-18-13-2/h41-46,50-51H,12-40,48-49H2,1-11H3. The number of benzene rings is 1. The first-order valence-corrected chi connectivity index (χ1v) is 35.6. The van der Waals surface area contributed by atoms with Crippen LogP contribution < -0.4 is 0 Å². The van der Waals surface area contributed by atoms with E-state index in [1.807, 2.05) is 22.7 Å². The van der Waals surface area contributed by atoms with Gasteiger partial charge in [0.1, 0.15) is 6.07 Å². The summed E-state index contributed by atoms with van der Waals surface area (Å²) in [6.45, 7) is 26.4. The normalized spacial score (nSPS) is 15.0. The molecular formula is C71H103N3O2S4. The van der Waals surface area contributed by atoms with E-state index in [4.69, 9.17) is 0 Å². The second-order valence-corrected chi connectivity index (χ2v) is 30.4. The molecule has 0 saturated heterocycles. The predicted molar refractivity (Wildman–Crippen MR) is 353 cm³/mol. The summed E-state index contributed by atoms with van der Waals surface area (Å²) in [6, 6.07) is 16.4.